The molecule has 0 bridgehead atoms. The van der Waals surface area contributed by atoms with Gasteiger partial charge in [-0.05, 0) is 29.8 Å². The Morgan fingerprint density at radius 2 is 2.19 bits per heavy atom. The summed E-state index contributed by atoms with van der Waals surface area (Å²) in [5.41, 5.74) is 4.25. The zero-order chi connectivity index (χ0) is 14.7. The number of para-hydroxylation sites is 2. The van der Waals surface area contributed by atoms with Gasteiger partial charge in [0, 0.05) is 6.20 Å². The van der Waals surface area contributed by atoms with Crippen LogP contribution in [0.2, 0.25) is 0 Å². The van der Waals surface area contributed by atoms with Crippen molar-refractivity contribution in [3.8, 4) is 5.75 Å². The number of nitrogen functional groups attached to an aromatic ring is 1. The summed E-state index contributed by atoms with van der Waals surface area (Å²) in [6.45, 7) is 0.856. The van der Waals surface area contributed by atoms with E-state index in [2.05, 4.69) is 10.4 Å². The third kappa shape index (κ3) is 2.80. The van der Waals surface area contributed by atoms with E-state index in [-0.39, 0.29) is 5.91 Å². The molecule has 0 unspecified atom stereocenters. The van der Waals surface area contributed by atoms with Gasteiger partial charge in [-0.1, -0.05) is 12.1 Å². The van der Waals surface area contributed by atoms with Crippen LogP contribution in [0.4, 0.5) is 11.5 Å². The Morgan fingerprint density at radius 3 is 3.05 bits per heavy atom. The number of anilines is 2. The van der Waals surface area contributed by atoms with Gasteiger partial charge in [0.05, 0.1) is 25.3 Å². The lowest BCUT2D eigenvalue weighted by Crippen LogP contribution is -2.29. The summed E-state index contributed by atoms with van der Waals surface area (Å²) in [5, 5.41) is 0. The Morgan fingerprint density at radius 1 is 1.33 bits per heavy atom. The number of carbonyl (C=O) groups is 1. The molecule has 6 heteroatoms. The van der Waals surface area contributed by atoms with Crippen LogP contribution in [0, 0.1) is 0 Å². The third-order valence-corrected chi connectivity index (χ3v) is 3.34. The minimum Gasteiger partial charge on any atom is -0.491 e. The number of benzene rings is 1. The topological polar surface area (TPSA) is 80.5 Å². The quantitative estimate of drug-likeness (QED) is 0.662. The average Bonchev–Trinajstić information content (AvgIpc) is 2.68. The smallest absolute Gasteiger partial charge is 0.230 e. The van der Waals surface area contributed by atoms with Gasteiger partial charge in [-0.25, -0.2) is 10.8 Å². The lowest BCUT2D eigenvalue weighted by Gasteiger charge is -2.22. The maximum Gasteiger partial charge on any atom is 0.230 e. The summed E-state index contributed by atoms with van der Waals surface area (Å²) in [7, 11) is 0. The summed E-state index contributed by atoms with van der Waals surface area (Å²) in [6.07, 6.45) is 2.02. The molecule has 0 aliphatic carbocycles. The standard InChI is InChI=1S/C15H16N4O2/c16-18-14-9-11(5-7-17-14)10-19-12-3-1-2-4-13(12)21-8-6-15(19)20/h1-5,7,9H,6,8,10,16H2,(H,17,18). The third-order valence-electron chi connectivity index (χ3n) is 3.34. The predicted molar refractivity (Wildman–Crippen MR) is 79.8 cm³/mol. The number of nitrogens with zero attached hydrogens (tertiary/aromatic N) is 2. The van der Waals surface area contributed by atoms with Gasteiger partial charge in [-0.2, -0.15) is 0 Å². The van der Waals surface area contributed by atoms with Gasteiger partial charge in [-0.3, -0.25) is 4.79 Å². The van der Waals surface area contributed by atoms with E-state index in [1.807, 2.05) is 36.4 Å². The monoisotopic (exact) mass is 284 g/mol. The molecular weight excluding hydrogens is 268 g/mol. The van der Waals surface area contributed by atoms with E-state index >= 15 is 0 Å². The molecule has 3 rings (SSSR count). The van der Waals surface area contributed by atoms with Crippen molar-refractivity contribution in [2.45, 2.75) is 13.0 Å². The number of amides is 1. The number of nitrogens with one attached hydrogen (secondary N) is 1. The van der Waals surface area contributed by atoms with E-state index in [4.69, 9.17) is 10.6 Å². The van der Waals surface area contributed by atoms with Gasteiger partial charge in [0.25, 0.3) is 0 Å². The van der Waals surface area contributed by atoms with E-state index in [0.717, 1.165) is 17.0 Å². The van der Waals surface area contributed by atoms with Crippen molar-refractivity contribution in [2.75, 3.05) is 16.9 Å². The number of hydrazine groups is 1. The second-order valence-electron chi connectivity index (χ2n) is 4.74. The van der Waals surface area contributed by atoms with Gasteiger partial charge in [0.2, 0.25) is 5.91 Å². The van der Waals surface area contributed by atoms with Gasteiger partial charge >= 0.3 is 0 Å². The molecule has 2 heterocycles. The number of hydrogen-bond donors (Lipinski definition) is 2. The van der Waals surface area contributed by atoms with Crippen LogP contribution in [0.25, 0.3) is 0 Å². The van der Waals surface area contributed by atoms with Gasteiger partial charge in [-0.15, -0.1) is 0 Å². The number of pyridine rings is 1. The molecule has 0 radical (unpaired) electrons. The van der Waals surface area contributed by atoms with Crippen LogP contribution in [-0.2, 0) is 11.3 Å². The molecule has 1 amide bonds. The molecule has 3 N–H and O–H groups in total. The van der Waals surface area contributed by atoms with E-state index in [9.17, 15) is 4.79 Å². The number of rotatable bonds is 3. The minimum atomic E-state index is 0.0408. The SMILES string of the molecule is NNc1cc(CN2C(=O)CCOc3ccccc32)ccn1. The Bertz CT molecular complexity index is 660. The summed E-state index contributed by atoms with van der Waals surface area (Å²) in [4.78, 5) is 18.1. The second-order valence-corrected chi connectivity index (χ2v) is 4.74. The van der Waals surface area contributed by atoms with Crippen molar-refractivity contribution in [1.82, 2.24) is 4.98 Å². The van der Waals surface area contributed by atoms with Gasteiger partial charge < -0.3 is 15.1 Å². The number of nitrogens with two attached hydrogens (primary N) is 1. The van der Waals surface area contributed by atoms with Crippen LogP contribution in [0.3, 0.4) is 0 Å². The molecule has 108 valence electrons. The first-order valence-electron chi connectivity index (χ1n) is 6.71. The van der Waals surface area contributed by atoms with Crippen LogP contribution in [0.1, 0.15) is 12.0 Å². The van der Waals surface area contributed by atoms with E-state index in [1.54, 1.807) is 11.1 Å². The highest BCUT2D eigenvalue weighted by Crippen LogP contribution is 2.32. The second kappa shape index (κ2) is 5.80. The molecule has 0 saturated heterocycles. The summed E-state index contributed by atoms with van der Waals surface area (Å²) < 4.78 is 5.62. The lowest BCUT2D eigenvalue weighted by atomic mass is 10.2. The molecule has 1 aromatic carbocycles. The fraction of sp³-hybridized carbons (Fsp3) is 0.200. The van der Waals surface area contributed by atoms with Crippen LogP contribution in [0.5, 0.6) is 5.75 Å². The summed E-state index contributed by atoms with van der Waals surface area (Å²) in [6, 6.07) is 11.2. The summed E-state index contributed by atoms with van der Waals surface area (Å²) >= 11 is 0. The Balaban J connectivity index is 1.93. The lowest BCUT2D eigenvalue weighted by molar-refractivity contribution is -0.118. The first-order valence-corrected chi connectivity index (χ1v) is 6.71. The molecule has 1 aliphatic heterocycles. The molecule has 0 spiro atoms. The average molecular weight is 284 g/mol. The number of fused-ring (bicyclic) bond motifs is 1. The molecule has 1 aromatic heterocycles. The van der Waals surface area contributed by atoms with Crippen molar-refractivity contribution in [3.05, 3.63) is 48.2 Å². The summed E-state index contributed by atoms with van der Waals surface area (Å²) in [5.74, 6) is 6.71. The number of hydrogen-bond acceptors (Lipinski definition) is 5. The highest BCUT2D eigenvalue weighted by Gasteiger charge is 2.23. The molecule has 0 saturated carbocycles. The van der Waals surface area contributed by atoms with E-state index < -0.39 is 0 Å². The van der Waals surface area contributed by atoms with Gasteiger partial charge in [0.1, 0.15) is 11.6 Å². The van der Waals surface area contributed by atoms with Crippen LogP contribution in [0.15, 0.2) is 42.6 Å². The largest absolute Gasteiger partial charge is 0.491 e. The zero-order valence-corrected chi connectivity index (χ0v) is 11.5. The predicted octanol–water partition coefficient (Wildman–Crippen LogP) is 1.68. The van der Waals surface area contributed by atoms with Gasteiger partial charge in [0.15, 0.2) is 0 Å². The molecule has 6 nitrogen and oxygen atoms in total. The van der Waals surface area contributed by atoms with E-state index in [0.29, 0.717) is 25.4 Å². The van der Waals surface area contributed by atoms with Crippen LogP contribution >= 0.6 is 0 Å². The number of carbonyl (C=O) groups excluding carboxylic acids is 1. The van der Waals surface area contributed by atoms with Crippen molar-refractivity contribution in [1.29, 1.82) is 0 Å². The minimum absolute atomic E-state index is 0.0408. The normalized spacial score (nSPS) is 14.1. The molecule has 0 fully saturated rings. The highest BCUT2D eigenvalue weighted by molar-refractivity contribution is 5.95. The molecule has 21 heavy (non-hydrogen) atoms. The fourth-order valence-electron chi connectivity index (χ4n) is 2.33. The fourth-order valence-corrected chi connectivity index (χ4v) is 2.33. The van der Waals surface area contributed by atoms with Crippen LogP contribution < -0.4 is 20.9 Å². The highest BCUT2D eigenvalue weighted by atomic mass is 16.5. The number of aromatic nitrogens is 1. The molecule has 0 atom stereocenters. The first-order chi connectivity index (χ1) is 10.3. The molecule has 2 aromatic rings. The van der Waals surface area contributed by atoms with Crippen molar-refractivity contribution >= 4 is 17.4 Å². The number of ether oxygens (including phenoxy) is 1. The zero-order valence-electron chi connectivity index (χ0n) is 11.5. The van der Waals surface area contributed by atoms with Crippen LogP contribution in [-0.4, -0.2) is 17.5 Å². The molecular formula is C15H16N4O2. The van der Waals surface area contributed by atoms with Crippen molar-refractivity contribution < 1.29 is 9.53 Å². The molecule has 1 aliphatic rings. The first kappa shape index (κ1) is 13.4. The van der Waals surface area contributed by atoms with Crippen molar-refractivity contribution in [3.63, 3.8) is 0 Å². The Labute approximate surface area is 122 Å². The Hall–Kier alpha value is -2.60. The Kier molecular flexibility index (Phi) is 3.70. The van der Waals surface area contributed by atoms with Crippen molar-refractivity contribution in [2.24, 2.45) is 5.84 Å². The van der Waals surface area contributed by atoms with E-state index in [1.165, 1.54) is 0 Å². The maximum absolute atomic E-state index is 12.3. The maximum atomic E-state index is 12.3.